The van der Waals surface area contributed by atoms with Gasteiger partial charge in [-0.1, -0.05) is 55.7 Å². The molecule has 1 unspecified atom stereocenters. The summed E-state index contributed by atoms with van der Waals surface area (Å²) >= 11 is 0. The highest BCUT2D eigenvalue weighted by atomic mass is 32.2. The molecule has 0 heterocycles. The van der Waals surface area contributed by atoms with Crippen molar-refractivity contribution in [2.45, 2.75) is 64.6 Å². The summed E-state index contributed by atoms with van der Waals surface area (Å²) in [6.45, 7) is 2.74. The Morgan fingerprint density at radius 1 is 1.11 bits per heavy atom. The number of sulfonamides is 1. The van der Waals surface area contributed by atoms with E-state index in [4.69, 9.17) is 0 Å². The molecule has 200 valence electrons. The molecule has 1 aliphatic rings. The van der Waals surface area contributed by atoms with Gasteiger partial charge in [-0.2, -0.15) is 0 Å². The maximum atomic E-state index is 13.7. The highest BCUT2D eigenvalue weighted by Gasteiger charge is 2.32. The zero-order valence-electron chi connectivity index (χ0n) is 21.4. The number of anilines is 1. The van der Waals surface area contributed by atoms with E-state index >= 15 is 0 Å². The highest BCUT2D eigenvalue weighted by Crippen LogP contribution is 2.28. The van der Waals surface area contributed by atoms with Gasteiger partial charge in [0.05, 0.1) is 16.9 Å². The first-order chi connectivity index (χ1) is 17.5. The van der Waals surface area contributed by atoms with Crippen LogP contribution in [0.25, 0.3) is 0 Å². The van der Waals surface area contributed by atoms with Crippen LogP contribution in [0.2, 0.25) is 0 Å². The van der Waals surface area contributed by atoms with Crippen LogP contribution in [-0.4, -0.2) is 54.9 Å². The van der Waals surface area contributed by atoms with Gasteiger partial charge >= 0.3 is 0 Å². The van der Waals surface area contributed by atoms with Gasteiger partial charge in [0.1, 0.15) is 12.6 Å². The van der Waals surface area contributed by atoms with Crippen LogP contribution in [0.4, 0.5) is 11.4 Å². The molecule has 2 amide bonds. The van der Waals surface area contributed by atoms with Gasteiger partial charge in [0, 0.05) is 24.7 Å². The fraction of sp³-hybridized carbons (Fsp3) is 0.462. The SMILES string of the molecule is Cc1ccc([N+](=O)[O-])cc1N(CC(=O)N(Cc1ccccc1)C(C)C(=O)NC1CCCCC1)S(C)(=O)=O. The number of non-ortho nitro benzene ring substituents is 1. The monoisotopic (exact) mass is 530 g/mol. The van der Waals surface area contributed by atoms with E-state index in [1.54, 1.807) is 13.8 Å². The molecular weight excluding hydrogens is 496 g/mol. The number of benzene rings is 2. The number of carbonyl (C=O) groups excluding carboxylic acids is 2. The molecule has 11 heteroatoms. The number of rotatable bonds is 10. The van der Waals surface area contributed by atoms with E-state index in [0.717, 1.165) is 54.3 Å². The highest BCUT2D eigenvalue weighted by molar-refractivity contribution is 7.92. The zero-order chi connectivity index (χ0) is 27.2. The molecule has 0 aliphatic heterocycles. The molecule has 0 radical (unpaired) electrons. The Morgan fingerprint density at radius 3 is 2.35 bits per heavy atom. The number of hydrogen-bond acceptors (Lipinski definition) is 6. The second kappa shape index (κ2) is 12.2. The van der Waals surface area contributed by atoms with Gasteiger partial charge in [0.2, 0.25) is 21.8 Å². The van der Waals surface area contributed by atoms with Crippen molar-refractivity contribution in [3.63, 3.8) is 0 Å². The largest absolute Gasteiger partial charge is 0.352 e. The van der Waals surface area contributed by atoms with E-state index in [-0.39, 0.29) is 29.9 Å². The van der Waals surface area contributed by atoms with Crippen LogP contribution in [0, 0.1) is 17.0 Å². The topological polar surface area (TPSA) is 130 Å². The number of hydrogen-bond donors (Lipinski definition) is 1. The number of nitrogens with one attached hydrogen (secondary N) is 1. The van der Waals surface area contributed by atoms with Crippen LogP contribution in [0.15, 0.2) is 48.5 Å². The normalized spacial score (nSPS) is 15.0. The van der Waals surface area contributed by atoms with E-state index in [1.165, 1.54) is 17.0 Å². The van der Waals surface area contributed by atoms with Crippen molar-refractivity contribution in [1.82, 2.24) is 10.2 Å². The molecule has 0 saturated heterocycles. The summed E-state index contributed by atoms with van der Waals surface area (Å²) < 4.78 is 26.4. The predicted octanol–water partition coefficient (Wildman–Crippen LogP) is 3.54. The molecule has 2 aromatic carbocycles. The predicted molar refractivity (Wildman–Crippen MR) is 141 cm³/mol. The fourth-order valence-corrected chi connectivity index (χ4v) is 5.41. The quantitative estimate of drug-likeness (QED) is 0.369. The fourth-order valence-electron chi connectivity index (χ4n) is 4.51. The average molecular weight is 531 g/mol. The lowest BCUT2D eigenvalue weighted by Gasteiger charge is -2.33. The van der Waals surface area contributed by atoms with Gasteiger partial charge in [-0.3, -0.25) is 24.0 Å². The first-order valence-electron chi connectivity index (χ1n) is 12.3. The third-order valence-corrected chi connectivity index (χ3v) is 7.79. The van der Waals surface area contributed by atoms with Crippen molar-refractivity contribution in [3.8, 4) is 0 Å². The van der Waals surface area contributed by atoms with Crippen molar-refractivity contribution < 1.29 is 22.9 Å². The van der Waals surface area contributed by atoms with Crippen molar-refractivity contribution in [3.05, 3.63) is 69.8 Å². The van der Waals surface area contributed by atoms with E-state index in [2.05, 4.69) is 5.32 Å². The summed E-state index contributed by atoms with van der Waals surface area (Å²) in [5, 5.41) is 14.4. The number of amides is 2. The van der Waals surface area contributed by atoms with E-state index in [9.17, 15) is 28.1 Å². The Morgan fingerprint density at radius 2 is 1.76 bits per heavy atom. The van der Waals surface area contributed by atoms with Crippen LogP contribution in [-0.2, 0) is 26.2 Å². The lowest BCUT2D eigenvalue weighted by molar-refractivity contribution is -0.384. The molecule has 1 saturated carbocycles. The van der Waals surface area contributed by atoms with Crippen LogP contribution in [0.1, 0.15) is 50.2 Å². The summed E-state index contributed by atoms with van der Waals surface area (Å²) in [5.41, 5.74) is 0.999. The molecule has 1 atom stereocenters. The molecule has 0 aromatic heterocycles. The second-order valence-corrected chi connectivity index (χ2v) is 11.4. The van der Waals surface area contributed by atoms with Crippen molar-refractivity contribution >= 4 is 33.2 Å². The molecule has 1 aliphatic carbocycles. The molecule has 3 rings (SSSR count). The molecule has 10 nitrogen and oxygen atoms in total. The summed E-state index contributed by atoms with van der Waals surface area (Å²) in [7, 11) is -3.99. The van der Waals surface area contributed by atoms with Gasteiger partial charge in [0.25, 0.3) is 5.69 Å². The third kappa shape index (κ3) is 7.51. The Bertz CT molecular complexity index is 1230. The van der Waals surface area contributed by atoms with Gasteiger partial charge in [-0.15, -0.1) is 0 Å². The average Bonchev–Trinajstić information content (AvgIpc) is 2.86. The van der Waals surface area contributed by atoms with Gasteiger partial charge in [-0.25, -0.2) is 8.42 Å². The van der Waals surface area contributed by atoms with Gasteiger partial charge in [-0.05, 0) is 37.8 Å². The maximum Gasteiger partial charge on any atom is 0.271 e. The summed E-state index contributed by atoms with van der Waals surface area (Å²) in [6.07, 6.45) is 5.94. The first kappa shape index (κ1) is 28.1. The van der Waals surface area contributed by atoms with Crippen LogP contribution in [0.3, 0.4) is 0 Å². The molecule has 0 bridgehead atoms. The molecule has 1 N–H and O–H groups in total. The number of aryl methyl sites for hydroxylation is 1. The number of carbonyl (C=O) groups is 2. The van der Waals surface area contributed by atoms with Crippen molar-refractivity contribution in [1.29, 1.82) is 0 Å². The van der Waals surface area contributed by atoms with E-state index in [1.807, 2.05) is 30.3 Å². The standard InChI is InChI=1S/C26H34N4O6S/c1-19-14-15-23(30(33)34)16-24(19)29(37(3,35)36)18-25(31)28(17-21-10-6-4-7-11-21)20(2)26(32)27-22-12-8-5-9-13-22/h4,6-7,10-11,14-16,20,22H,5,8-9,12-13,17-18H2,1-3H3,(H,27,32). The minimum Gasteiger partial charge on any atom is -0.352 e. The Balaban J connectivity index is 1.91. The molecular formula is C26H34N4O6S. The van der Waals surface area contributed by atoms with Crippen LogP contribution < -0.4 is 9.62 Å². The summed E-state index contributed by atoms with van der Waals surface area (Å²) in [6, 6.07) is 12.2. The lowest BCUT2D eigenvalue weighted by Crippen LogP contribution is -2.53. The molecule has 1 fully saturated rings. The summed E-state index contributed by atoms with van der Waals surface area (Å²) in [5.74, 6) is -0.889. The maximum absolute atomic E-state index is 13.7. The van der Waals surface area contributed by atoms with Gasteiger partial charge < -0.3 is 10.2 Å². The van der Waals surface area contributed by atoms with E-state index in [0.29, 0.717) is 5.56 Å². The van der Waals surface area contributed by atoms with E-state index < -0.39 is 33.4 Å². The number of nitro benzene ring substituents is 1. The van der Waals surface area contributed by atoms with Crippen LogP contribution >= 0.6 is 0 Å². The number of nitro groups is 1. The smallest absolute Gasteiger partial charge is 0.271 e. The molecule has 2 aromatic rings. The summed E-state index contributed by atoms with van der Waals surface area (Å²) in [4.78, 5) is 38.9. The minimum atomic E-state index is -3.99. The zero-order valence-corrected chi connectivity index (χ0v) is 22.2. The van der Waals surface area contributed by atoms with Crippen molar-refractivity contribution in [2.24, 2.45) is 0 Å². The Kier molecular flexibility index (Phi) is 9.25. The first-order valence-corrected chi connectivity index (χ1v) is 14.2. The lowest BCUT2D eigenvalue weighted by atomic mass is 9.95. The van der Waals surface area contributed by atoms with Crippen molar-refractivity contribution in [2.75, 3.05) is 17.1 Å². The van der Waals surface area contributed by atoms with Crippen LogP contribution in [0.5, 0.6) is 0 Å². The minimum absolute atomic E-state index is 0.0454. The Labute approximate surface area is 217 Å². The number of nitrogens with zero attached hydrogens (tertiary/aromatic N) is 3. The second-order valence-electron chi connectivity index (χ2n) is 9.52. The molecule has 37 heavy (non-hydrogen) atoms. The Hall–Kier alpha value is -3.47. The molecule has 0 spiro atoms. The van der Waals surface area contributed by atoms with Gasteiger partial charge in [0.15, 0.2) is 0 Å². The third-order valence-electron chi connectivity index (χ3n) is 6.67.